The molecule has 0 radical (unpaired) electrons. The summed E-state index contributed by atoms with van der Waals surface area (Å²) in [5.74, 6) is 0.351. The summed E-state index contributed by atoms with van der Waals surface area (Å²) in [4.78, 5) is 12.0. The van der Waals surface area contributed by atoms with Crippen LogP contribution in [0.2, 0.25) is 0 Å². The topological polar surface area (TPSA) is 38.3 Å². The van der Waals surface area contributed by atoms with Gasteiger partial charge in [-0.2, -0.15) is 0 Å². The van der Waals surface area contributed by atoms with Crippen LogP contribution < -0.4 is 5.32 Å². The maximum atomic E-state index is 12.0. The molecule has 0 amide bonds. The molecule has 0 spiro atoms. The van der Waals surface area contributed by atoms with Gasteiger partial charge in [0.2, 0.25) is 0 Å². The summed E-state index contributed by atoms with van der Waals surface area (Å²) in [6.45, 7) is 10.9. The lowest BCUT2D eigenvalue weighted by Gasteiger charge is -2.35. The van der Waals surface area contributed by atoms with Gasteiger partial charge in [0.15, 0.2) is 0 Å². The Bertz CT molecular complexity index is 222. The number of nitrogens with one attached hydrogen (secondary N) is 1. The molecule has 1 saturated heterocycles. The van der Waals surface area contributed by atoms with E-state index in [9.17, 15) is 4.79 Å². The van der Waals surface area contributed by atoms with Crippen molar-refractivity contribution in [3.05, 3.63) is 0 Å². The first-order valence-corrected chi connectivity index (χ1v) is 5.77. The van der Waals surface area contributed by atoms with Gasteiger partial charge < -0.3 is 10.1 Å². The molecule has 0 saturated carbocycles. The lowest BCUT2D eigenvalue weighted by molar-refractivity contribution is -0.163. The van der Waals surface area contributed by atoms with Crippen molar-refractivity contribution in [1.29, 1.82) is 0 Å². The molecule has 0 aromatic carbocycles. The second-order valence-electron chi connectivity index (χ2n) is 5.57. The van der Waals surface area contributed by atoms with Gasteiger partial charge in [-0.05, 0) is 46.6 Å². The second-order valence-corrected chi connectivity index (χ2v) is 5.57. The number of rotatable bonds is 1. The normalized spacial score (nSPS) is 32.5. The fourth-order valence-electron chi connectivity index (χ4n) is 2.14. The first-order chi connectivity index (χ1) is 6.81. The number of hydrogen-bond donors (Lipinski definition) is 1. The summed E-state index contributed by atoms with van der Waals surface area (Å²) >= 11 is 0. The fourth-order valence-corrected chi connectivity index (χ4v) is 2.14. The molecule has 88 valence electrons. The lowest BCUT2D eigenvalue weighted by Crippen LogP contribution is -2.48. The quantitative estimate of drug-likeness (QED) is 0.677. The Morgan fingerprint density at radius 2 is 1.93 bits per heavy atom. The van der Waals surface area contributed by atoms with Gasteiger partial charge >= 0.3 is 5.97 Å². The molecule has 0 unspecified atom stereocenters. The Balaban J connectivity index is 2.64. The second kappa shape index (κ2) is 4.52. The first-order valence-electron chi connectivity index (χ1n) is 5.77. The summed E-state index contributed by atoms with van der Waals surface area (Å²) in [5.41, 5.74) is -0.381. The molecule has 1 fully saturated rings. The van der Waals surface area contributed by atoms with Crippen molar-refractivity contribution in [2.75, 3.05) is 6.54 Å². The zero-order valence-electron chi connectivity index (χ0n) is 10.5. The van der Waals surface area contributed by atoms with E-state index in [-0.39, 0.29) is 23.5 Å². The van der Waals surface area contributed by atoms with Gasteiger partial charge in [-0.25, -0.2) is 0 Å². The molecule has 1 aliphatic rings. The van der Waals surface area contributed by atoms with Crippen LogP contribution in [0.4, 0.5) is 0 Å². The van der Waals surface area contributed by atoms with Gasteiger partial charge in [0.05, 0.1) is 5.92 Å². The monoisotopic (exact) mass is 213 g/mol. The van der Waals surface area contributed by atoms with Crippen molar-refractivity contribution >= 4 is 5.97 Å². The average molecular weight is 213 g/mol. The zero-order chi connectivity index (χ0) is 11.6. The number of carbonyl (C=O) groups excluding carboxylic acids is 1. The van der Waals surface area contributed by atoms with E-state index in [2.05, 4.69) is 19.2 Å². The zero-order valence-corrected chi connectivity index (χ0v) is 10.5. The third-order valence-corrected chi connectivity index (χ3v) is 2.90. The SMILES string of the molecule is C[C@@H]1CCN[C@H](C)[C@@H]1C(=O)OC(C)(C)C. The lowest BCUT2D eigenvalue weighted by atomic mass is 9.82. The minimum Gasteiger partial charge on any atom is -0.460 e. The molecule has 1 heterocycles. The van der Waals surface area contributed by atoms with Crippen molar-refractivity contribution in [2.45, 2.75) is 52.7 Å². The maximum absolute atomic E-state index is 12.0. The van der Waals surface area contributed by atoms with Crippen LogP contribution in [-0.2, 0) is 9.53 Å². The minimum atomic E-state index is -0.381. The van der Waals surface area contributed by atoms with E-state index in [1.165, 1.54) is 0 Å². The van der Waals surface area contributed by atoms with E-state index in [1.54, 1.807) is 0 Å². The van der Waals surface area contributed by atoms with Crippen LogP contribution >= 0.6 is 0 Å². The summed E-state index contributed by atoms with van der Waals surface area (Å²) < 4.78 is 5.44. The van der Waals surface area contributed by atoms with Gasteiger partial charge in [-0.1, -0.05) is 6.92 Å². The highest BCUT2D eigenvalue weighted by molar-refractivity contribution is 5.74. The van der Waals surface area contributed by atoms with E-state index in [1.807, 2.05) is 20.8 Å². The maximum Gasteiger partial charge on any atom is 0.311 e. The largest absolute Gasteiger partial charge is 0.460 e. The molecule has 0 aromatic heterocycles. The Kier molecular flexibility index (Phi) is 3.77. The Morgan fingerprint density at radius 1 is 1.33 bits per heavy atom. The van der Waals surface area contributed by atoms with E-state index in [0.717, 1.165) is 13.0 Å². The minimum absolute atomic E-state index is 0.00188. The van der Waals surface area contributed by atoms with E-state index < -0.39 is 0 Å². The van der Waals surface area contributed by atoms with E-state index >= 15 is 0 Å². The van der Waals surface area contributed by atoms with Crippen LogP contribution in [0, 0.1) is 11.8 Å². The molecule has 15 heavy (non-hydrogen) atoms. The van der Waals surface area contributed by atoms with Gasteiger partial charge in [0, 0.05) is 6.04 Å². The molecule has 1 rings (SSSR count). The van der Waals surface area contributed by atoms with Gasteiger partial charge in [-0.15, -0.1) is 0 Å². The average Bonchev–Trinajstić information content (AvgIpc) is 1.99. The number of esters is 1. The Hall–Kier alpha value is -0.570. The van der Waals surface area contributed by atoms with Crippen molar-refractivity contribution in [3.8, 4) is 0 Å². The fraction of sp³-hybridized carbons (Fsp3) is 0.917. The summed E-state index contributed by atoms with van der Waals surface area (Å²) in [6, 6.07) is 0.226. The van der Waals surface area contributed by atoms with Crippen LogP contribution in [0.25, 0.3) is 0 Å². The third kappa shape index (κ3) is 3.49. The third-order valence-electron chi connectivity index (χ3n) is 2.90. The van der Waals surface area contributed by atoms with Crippen molar-refractivity contribution in [3.63, 3.8) is 0 Å². The molecular formula is C12H23NO2. The molecular weight excluding hydrogens is 190 g/mol. The van der Waals surface area contributed by atoms with E-state index in [4.69, 9.17) is 4.74 Å². The molecule has 0 bridgehead atoms. The molecule has 3 atom stereocenters. The summed E-state index contributed by atoms with van der Waals surface area (Å²) in [7, 11) is 0. The van der Waals surface area contributed by atoms with Crippen LogP contribution in [-0.4, -0.2) is 24.2 Å². The highest BCUT2D eigenvalue weighted by Crippen LogP contribution is 2.26. The first kappa shape index (κ1) is 12.5. The molecule has 3 heteroatoms. The number of hydrogen-bond acceptors (Lipinski definition) is 3. The molecule has 0 aromatic rings. The molecule has 0 aliphatic carbocycles. The standard InChI is InChI=1S/C12H23NO2/c1-8-6-7-13-9(2)10(8)11(14)15-12(3,4)5/h8-10,13H,6-7H2,1-5H3/t8-,9-,10-/m1/s1. The highest BCUT2D eigenvalue weighted by atomic mass is 16.6. The van der Waals surface area contributed by atoms with Crippen molar-refractivity contribution in [2.24, 2.45) is 11.8 Å². The predicted molar refractivity (Wildman–Crippen MR) is 60.6 cm³/mol. The van der Waals surface area contributed by atoms with Crippen LogP contribution in [0.3, 0.4) is 0 Å². The molecule has 1 aliphatic heterocycles. The highest BCUT2D eigenvalue weighted by Gasteiger charge is 2.36. The van der Waals surface area contributed by atoms with Crippen molar-refractivity contribution in [1.82, 2.24) is 5.32 Å². The van der Waals surface area contributed by atoms with E-state index in [0.29, 0.717) is 5.92 Å². The van der Waals surface area contributed by atoms with Gasteiger partial charge in [0.25, 0.3) is 0 Å². The summed E-state index contributed by atoms with van der Waals surface area (Å²) in [5, 5.41) is 3.33. The predicted octanol–water partition coefficient (Wildman–Crippen LogP) is 1.96. The van der Waals surface area contributed by atoms with Gasteiger partial charge in [-0.3, -0.25) is 4.79 Å². The van der Waals surface area contributed by atoms with Crippen LogP contribution in [0.5, 0.6) is 0 Å². The summed E-state index contributed by atoms with van der Waals surface area (Å²) in [6.07, 6.45) is 1.05. The Labute approximate surface area is 92.6 Å². The molecule has 3 nitrogen and oxygen atoms in total. The Morgan fingerprint density at radius 3 is 2.40 bits per heavy atom. The number of ether oxygens (including phenoxy) is 1. The number of carbonyl (C=O) groups is 1. The van der Waals surface area contributed by atoms with Crippen LogP contribution in [0.15, 0.2) is 0 Å². The number of piperidine rings is 1. The smallest absolute Gasteiger partial charge is 0.311 e. The van der Waals surface area contributed by atoms with Gasteiger partial charge in [0.1, 0.15) is 5.60 Å². The van der Waals surface area contributed by atoms with Crippen LogP contribution in [0.1, 0.15) is 41.0 Å². The van der Waals surface area contributed by atoms with Crippen molar-refractivity contribution < 1.29 is 9.53 Å². The molecule has 1 N–H and O–H groups in total.